The van der Waals surface area contributed by atoms with Gasteiger partial charge in [0.2, 0.25) is 11.8 Å². The lowest BCUT2D eigenvalue weighted by molar-refractivity contribution is -0.122. The Morgan fingerprint density at radius 2 is 1.34 bits per heavy atom. The van der Waals surface area contributed by atoms with Crippen molar-refractivity contribution in [2.45, 2.75) is 19.4 Å². The molecule has 9 heteroatoms. The smallest absolute Gasteiger partial charge is 0.229 e. The summed E-state index contributed by atoms with van der Waals surface area (Å²) in [5.74, 6) is 6.15. The second kappa shape index (κ2) is 17.3. The summed E-state index contributed by atoms with van der Waals surface area (Å²) in [6.45, 7) is 3.84. The van der Waals surface area contributed by atoms with E-state index >= 15 is 0 Å². The van der Waals surface area contributed by atoms with Crippen LogP contribution in [0.1, 0.15) is 29.5 Å². The highest BCUT2D eigenvalue weighted by molar-refractivity contribution is 5.95. The van der Waals surface area contributed by atoms with E-state index in [1.165, 1.54) is 0 Å². The van der Waals surface area contributed by atoms with Crippen LogP contribution in [0.2, 0.25) is 0 Å². The van der Waals surface area contributed by atoms with E-state index in [4.69, 9.17) is 24.1 Å². The van der Waals surface area contributed by atoms with Crippen molar-refractivity contribution in [1.29, 1.82) is 0 Å². The predicted octanol–water partition coefficient (Wildman–Crippen LogP) is 1.89. The summed E-state index contributed by atoms with van der Waals surface area (Å²) in [4.78, 5) is 27.1. The molecule has 0 bridgehead atoms. The molecule has 0 aromatic heterocycles. The number of aliphatic hydroxyl groups is 1. The molecule has 2 amide bonds. The van der Waals surface area contributed by atoms with E-state index in [9.17, 15) is 9.59 Å². The molecule has 0 aliphatic carbocycles. The van der Waals surface area contributed by atoms with Crippen LogP contribution in [0.15, 0.2) is 48.5 Å². The summed E-state index contributed by atoms with van der Waals surface area (Å²) < 4.78 is 21.2. The van der Waals surface area contributed by atoms with Crippen molar-refractivity contribution in [3.05, 3.63) is 65.2 Å². The van der Waals surface area contributed by atoms with Crippen LogP contribution in [-0.4, -0.2) is 82.9 Å². The highest BCUT2D eigenvalue weighted by Crippen LogP contribution is 2.25. The Bertz CT molecular complexity index is 1080. The van der Waals surface area contributed by atoms with E-state index in [0.717, 1.165) is 22.4 Å². The number of carbonyl (C=O) groups excluding carboxylic acids is 2. The zero-order valence-electron chi connectivity index (χ0n) is 21.7. The molecule has 38 heavy (non-hydrogen) atoms. The number of carbonyl (C=O) groups is 2. The van der Waals surface area contributed by atoms with E-state index in [1.54, 1.807) is 4.90 Å². The van der Waals surface area contributed by atoms with Gasteiger partial charge in [-0.05, 0) is 23.8 Å². The molecule has 0 saturated heterocycles. The Hall–Kier alpha value is -3.26. The number of fused-ring (bicyclic) bond motifs is 2. The zero-order chi connectivity index (χ0) is 26.8. The Labute approximate surface area is 224 Å². The maximum absolute atomic E-state index is 13.2. The average Bonchev–Trinajstić information content (AvgIpc) is 2.92. The van der Waals surface area contributed by atoms with Crippen molar-refractivity contribution in [2.75, 3.05) is 70.9 Å². The minimum Gasteiger partial charge on any atom is -0.394 e. The van der Waals surface area contributed by atoms with Crippen LogP contribution in [-0.2, 0) is 35.1 Å². The number of nitrogens with zero attached hydrogens (tertiary/aromatic N) is 1. The Morgan fingerprint density at radius 1 is 0.763 bits per heavy atom. The van der Waals surface area contributed by atoms with Crippen LogP contribution in [0.4, 0.5) is 5.69 Å². The van der Waals surface area contributed by atoms with Gasteiger partial charge in [0.1, 0.15) is 0 Å². The van der Waals surface area contributed by atoms with Crippen LogP contribution in [0, 0.1) is 11.8 Å². The lowest BCUT2D eigenvalue weighted by Crippen LogP contribution is -2.35. The first-order chi connectivity index (χ1) is 18.7. The second-order valence-corrected chi connectivity index (χ2v) is 8.43. The molecular weight excluding hydrogens is 488 g/mol. The topological polar surface area (TPSA) is 107 Å². The van der Waals surface area contributed by atoms with Gasteiger partial charge in [0.05, 0.1) is 71.7 Å². The van der Waals surface area contributed by atoms with Crippen LogP contribution in [0.25, 0.3) is 0 Å². The number of nitrogens with one attached hydrogen (secondary N) is 1. The fourth-order valence-corrected chi connectivity index (χ4v) is 3.73. The lowest BCUT2D eigenvalue weighted by atomic mass is 10.0. The van der Waals surface area contributed by atoms with Gasteiger partial charge in [-0.25, -0.2) is 0 Å². The SMILES string of the molecule is O=C(CCOCCOCCOCCOCCO)NCCC(=O)N1Cc2ccccc2C#Cc2ccccc21. The van der Waals surface area contributed by atoms with Gasteiger partial charge in [-0.1, -0.05) is 42.2 Å². The summed E-state index contributed by atoms with van der Waals surface area (Å²) in [6, 6.07) is 15.4. The second-order valence-electron chi connectivity index (χ2n) is 8.43. The van der Waals surface area contributed by atoms with Crippen molar-refractivity contribution in [2.24, 2.45) is 0 Å². The van der Waals surface area contributed by atoms with E-state index in [0.29, 0.717) is 52.8 Å². The largest absolute Gasteiger partial charge is 0.394 e. The summed E-state index contributed by atoms with van der Waals surface area (Å²) in [6.07, 6.45) is 0.390. The summed E-state index contributed by atoms with van der Waals surface area (Å²) in [5.41, 5.74) is 3.48. The van der Waals surface area contributed by atoms with Gasteiger partial charge < -0.3 is 34.3 Å². The molecule has 0 fully saturated rings. The number of anilines is 1. The molecular formula is C29H36N2O7. The van der Waals surface area contributed by atoms with Crippen molar-refractivity contribution in [1.82, 2.24) is 5.32 Å². The summed E-state index contributed by atoms with van der Waals surface area (Å²) in [5, 5.41) is 11.4. The van der Waals surface area contributed by atoms with Crippen molar-refractivity contribution < 1.29 is 33.6 Å². The molecule has 204 valence electrons. The fourth-order valence-electron chi connectivity index (χ4n) is 3.73. The van der Waals surface area contributed by atoms with Gasteiger partial charge in [-0.3, -0.25) is 9.59 Å². The predicted molar refractivity (Wildman–Crippen MR) is 143 cm³/mol. The van der Waals surface area contributed by atoms with Crippen molar-refractivity contribution in [3.8, 4) is 11.8 Å². The number of hydrogen-bond acceptors (Lipinski definition) is 7. The van der Waals surface area contributed by atoms with Gasteiger partial charge in [0, 0.05) is 30.5 Å². The molecule has 0 radical (unpaired) electrons. The maximum Gasteiger partial charge on any atom is 0.229 e. The third-order valence-corrected chi connectivity index (χ3v) is 5.66. The molecule has 1 aliphatic rings. The van der Waals surface area contributed by atoms with Gasteiger partial charge in [0.25, 0.3) is 0 Å². The number of aliphatic hydroxyl groups excluding tert-OH is 1. The number of hydrogen-bond donors (Lipinski definition) is 2. The molecule has 1 aliphatic heterocycles. The molecule has 2 N–H and O–H groups in total. The lowest BCUT2D eigenvalue weighted by Gasteiger charge is -2.26. The van der Waals surface area contributed by atoms with E-state index in [-0.39, 0.29) is 44.4 Å². The van der Waals surface area contributed by atoms with Crippen LogP contribution < -0.4 is 10.2 Å². The first-order valence-electron chi connectivity index (χ1n) is 12.9. The quantitative estimate of drug-likeness (QED) is 0.240. The van der Waals surface area contributed by atoms with Gasteiger partial charge in [0.15, 0.2) is 0 Å². The fraction of sp³-hybridized carbons (Fsp3) is 0.448. The van der Waals surface area contributed by atoms with E-state index < -0.39 is 0 Å². The normalized spacial score (nSPS) is 12.0. The first-order valence-corrected chi connectivity index (χ1v) is 12.9. The van der Waals surface area contributed by atoms with E-state index in [2.05, 4.69) is 17.2 Å². The maximum atomic E-state index is 13.2. The monoisotopic (exact) mass is 524 g/mol. The van der Waals surface area contributed by atoms with Crippen LogP contribution in [0.3, 0.4) is 0 Å². The Balaban J connectivity index is 1.29. The molecule has 0 spiro atoms. The van der Waals surface area contributed by atoms with Gasteiger partial charge >= 0.3 is 0 Å². The van der Waals surface area contributed by atoms with Gasteiger partial charge in [-0.15, -0.1) is 0 Å². The minimum atomic E-state index is -0.167. The number of ether oxygens (including phenoxy) is 4. The molecule has 9 nitrogen and oxygen atoms in total. The Morgan fingerprint density at radius 3 is 2.05 bits per heavy atom. The number of para-hydroxylation sites is 1. The van der Waals surface area contributed by atoms with Crippen molar-refractivity contribution >= 4 is 17.5 Å². The van der Waals surface area contributed by atoms with Crippen LogP contribution in [0.5, 0.6) is 0 Å². The highest BCUT2D eigenvalue weighted by atomic mass is 16.6. The van der Waals surface area contributed by atoms with Gasteiger partial charge in [-0.2, -0.15) is 0 Å². The molecule has 1 heterocycles. The third kappa shape index (κ3) is 10.2. The third-order valence-electron chi connectivity index (χ3n) is 5.66. The molecule has 2 aromatic carbocycles. The van der Waals surface area contributed by atoms with Crippen LogP contribution >= 0.6 is 0 Å². The first kappa shape index (κ1) is 29.3. The number of benzene rings is 2. The average molecular weight is 525 g/mol. The number of amides is 2. The Kier molecular flexibility index (Phi) is 13.3. The molecule has 3 rings (SSSR count). The molecule has 0 unspecified atom stereocenters. The van der Waals surface area contributed by atoms with Crippen molar-refractivity contribution in [3.63, 3.8) is 0 Å². The zero-order valence-corrected chi connectivity index (χ0v) is 21.7. The molecule has 0 saturated carbocycles. The standard InChI is InChI=1S/C29H36N2O7/c32-14-16-36-18-20-38-22-21-37-19-17-35-15-12-28(33)30-13-11-29(34)31-23-26-7-2-1-5-24(26)9-10-25-6-3-4-8-27(25)31/h1-8,32H,11-23H2,(H,30,33). The highest BCUT2D eigenvalue weighted by Gasteiger charge is 2.21. The molecule has 2 aromatic rings. The minimum absolute atomic E-state index is 0.00477. The van der Waals surface area contributed by atoms with E-state index in [1.807, 2.05) is 48.5 Å². The molecule has 0 atom stereocenters. The summed E-state index contributed by atoms with van der Waals surface area (Å²) in [7, 11) is 0. The summed E-state index contributed by atoms with van der Waals surface area (Å²) >= 11 is 0. The number of rotatable bonds is 17.